The number of carbonyl (C=O) groups excluding carboxylic acids is 1. The van der Waals surface area contributed by atoms with Gasteiger partial charge >= 0.3 is 6.03 Å². The Morgan fingerprint density at radius 1 is 1.61 bits per heavy atom. The molecule has 0 aromatic carbocycles. The van der Waals surface area contributed by atoms with Crippen LogP contribution in [0.2, 0.25) is 0 Å². The highest BCUT2D eigenvalue weighted by Gasteiger charge is 2.20. The number of urea groups is 1. The largest absolute Gasteiger partial charge is 0.329 e. The molecule has 0 aliphatic rings. The predicted molar refractivity (Wildman–Crippen MR) is 74.6 cm³/mol. The van der Waals surface area contributed by atoms with Gasteiger partial charge in [-0.3, -0.25) is 0 Å². The van der Waals surface area contributed by atoms with E-state index in [-0.39, 0.29) is 24.0 Å². The van der Waals surface area contributed by atoms with Gasteiger partial charge in [0.25, 0.3) is 0 Å². The molecule has 2 N–H and O–H groups in total. The lowest BCUT2D eigenvalue weighted by Crippen LogP contribution is -2.37. The van der Waals surface area contributed by atoms with Gasteiger partial charge in [0.1, 0.15) is 5.01 Å². The summed E-state index contributed by atoms with van der Waals surface area (Å²) in [5, 5.41) is 8.29. The van der Waals surface area contributed by atoms with Gasteiger partial charge in [-0.2, -0.15) is 0 Å². The number of rotatable bonds is 3. The lowest BCUT2D eigenvalue weighted by atomic mass is 9.93. The Morgan fingerprint density at radius 2 is 2.28 bits per heavy atom. The zero-order chi connectivity index (χ0) is 13.8. The van der Waals surface area contributed by atoms with Gasteiger partial charge in [0.05, 0.1) is 18.3 Å². The first-order valence-electron chi connectivity index (χ1n) is 5.78. The molecule has 0 aliphatic carbocycles. The highest BCUT2D eigenvalue weighted by Crippen LogP contribution is 2.26. The number of amides is 2. The average Bonchev–Trinajstić information content (AvgIpc) is 2.75. The van der Waals surface area contributed by atoms with Crippen LogP contribution in [0.1, 0.15) is 44.4 Å². The summed E-state index contributed by atoms with van der Waals surface area (Å²) in [5.41, 5.74) is 1.07. The first-order valence-corrected chi connectivity index (χ1v) is 6.66. The number of aromatic nitrogens is 1. The molecule has 1 aromatic rings. The van der Waals surface area contributed by atoms with Crippen molar-refractivity contribution >= 4 is 17.4 Å². The van der Waals surface area contributed by atoms with Crippen molar-refractivity contribution in [3.8, 4) is 12.3 Å². The molecule has 0 radical (unpaired) electrons. The molecule has 1 heterocycles. The summed E-state index contributed by atoms with van der Waals surface area (Å²) in [7, 11) is 0. The molecule has 5 heteroatoms. The number of terminal acetylenes is 1. The SMILES string of the molecule is C#CCNC(=O)NC(C)c1nc(C(C)(C)C)cs1. The van der Waals surface area contributed by atoms with E-state index < -0.39 is 0 Å². The molecule has 0 spiro atoms. The first kappa shape index (κ1) is 14.5. The Kier molecular flexibility index (Phi) is 4.74. The molecule has 1 aromatic heterocycles. The van der Waals surface area contributed by atoms with Gasteiger partial charge in [-0.1, -0.05) is 26.7 Å². The molecule has 0 saturated heterocycles. The zero-order valence-electron chi connectivity index (χ0n) is 11.2. The van der Waals surface area contributed by atoms with Crippen LogP contribution in [0.25, 0.3) is 0 Å². The van der Waals surface area contributed by atoms with Gasteiger partial charge in [0, 0.05) is 10.8 Å². The highest BCUT2D eigenvalue weighted by atomic mass is 32.1. The maximum absolute atomic E-state index is 11.4. The third-order valence-corrected chi connectivity index (χ3v) is 3.39. The molecule has 1 atom stereocenters. The van der Waals surface area contributed by atoms with Crippen LogP contribution in [-0.2, 0) is 5.41 Å². The molecular formula is C13H19N3OS. The van der Waals surface area contributed by atoms with Gasteiger partial charge in [0.2, 0.25) is 0 Å². The number of hydrogen-bond acceptors (Lipinski definition) is 3. The quantitative estimate of drug-likeness (QED) is 0.825. The van der Waals surface area contributed by atoms with Gasteiger partial charge < -0.3 is 10.6 Å². The van der Waals surface area contributed by atoms with Crippen LogP contribution >= 0.6 is 11.3 Å². The van der Waals surface area contributed by atoms with Crippen molar-refractivity contribution in [3.05, 3.63) is 16.1 Å². The third-order valence-electron chi connectivity index (χ3n) is 2.36. The molecule has 0 aliphatic heterocycles. The predicted octanol–water partition coefficient (Wildman–Crippen LogP) is 2.43. The summed E-state index contributed by atoms with van der Waals surface area (Å²) in [5.74, 6) is 2.35. The number of hydrogen-bond donors (Lipinski definition) is 2. The van der Waals surface area contributed by atoms with Crippen molar-refractivity contribution in [3.63, 3.8) is 0 Å². The van der Waals surface area contributed by atoms with Crippen LogP contribution in [-0.4, -0.2) is 17.6 Å². The van der Waals surface area contributed by atoms with Crippen molar-refractivity contribution in [2.24, 2.45) is 0 Å². The molecule has 1 rings (SSSR count). The molecule has 0 fully saturated rings. The van der Waals surface area contributed by atoms with Crippen LogP contribution in [0.15, 0.2) is 5.38 Å². The standard InChI is InChI=1S/C13H19N3OS/c1-6-7-14-12(17)15-9(2)11-16-10(8-18-11)13(3,4)5/h1,8-9H,7H2,2-5H3,(H2,14,15,17). The molecule has 2 amide bonds. The van der Waals surface area contributed by atoms with E-state index in [9.17, 15) is 4.79 Å². The topological polar surface area (TPSA) is 54.0 Å². The fourth-order valence-electron chi connectivity index (χ4n) is 1.27. The molecule has 0 saturated carbocycles. The van der Waals surface area contributed by atoms with Gasteiger partial charge in [-0.25, -0.2) is 9.78 Å². The molecule has 98 valence electrons. The minimum absolute atomic E-state index is 0.0280. The van der Waals surface area contributed by atoms with E-state index >= 15 is 0 Å². The summed E-state index contributed by atoms with van der Waals surface area (Å²) in [6.07, 6.45) is 5.07. The normalized spacial score (nSPS) is 12.6. The summed E-state index contributed by atoms with van der Waals surface area (Å²) >= 11 is 1.56. The maximum Gasteiger partial charge on any atom is 0.316 e. The van der Waals surface area contributed by atoms with Crippen LogP contribution in [0.4, 0.5) is 4.79 Å². The summed E-state index contributed by atoms with van der Waals surface area (Å²) in [6, 6.07) is -0.392. The summed E-state index contributed by atoms with van der Waals surface area (Å²) in [6.45, 7) is 8.47. The van der Waals surface area contributed by atoms with Crippen LogP contribution in [0.3, 0.4) is 0 Å². The van der Waals surface area contributed by atoms with Crippen LogP contribution < -0.4 is 10.6 Å². The second kappa shape index (κ2) is 5.87. The van der Waals surface area contributed by atoms with Crippen LogP contribution in [0.5, 0.6) is 0 Å². The van der Waals surface area contributed by atoms with Crippen molar-refractivity contribution in [2.75, 3.05) is 6.54 Å². The smallest absolute Gasteiger partial charge is 0.316 e. The second-order valence-corrected chi connectivity index (χ2v) is 5.96. The second-order valence-electron chi connectivity index (χ2n) is 5.07. The molecule has 1 unspecified atom stereocenters. The Labute approximate surface area is 112 Å². The van der Waals surface area contributed by atoms with Crippen LogP contribution in [0, 0.1) is 12.3 Å². The van der Waals surface area contributed by atoms with E-state index in [4.69, 9.17) is 6.42 Å². The first-order chi connectivity index (χ1) is 8.34. The van der Waals surface area contributed by atoms with Crippen molar-refractivity contribution in [2.45, 2.75) is 39.2 Å². The van der Waals surface area contributed by atoms with Gasteiger partial charge in [-0.15, -0.1) is 17.8 Å². The average molecular weight is 265 g/mol. The summed E-state index contributed by atoms with van der Waals surface area (Å²) in [4.78, 5) is 16.0. The minimum atomic E-state index is -0.270. The Hall–Kier alpha value is -1.54. The van der Waals surface area contributed by atoms with Gasteiger partial charge in [-0.05, 0) is 6.92 Å². The summed E-state index contributed by atoms with van der Waals surface area (Å²) < 4.78 is 0. The maximum atomic E-state index is 11.4. The number of carbonyl (C=O) groups is 1. The lowest BCUT2D eigenvalue weighted by Gasteiger charge is -2.15. The Bertz CT molecular complexity index is 454. The van der Waals surface area contributed by atoms with E-state index in [1.807, 2.05) is 12.3 Å². The lowest BCUT2D eigenvalue weighted by molar-refractivity contribution is 0.239. The molecule has 4 nitrogen and oxygen atoms in total. The van der Waals surface area contributed by atoms with E-state index in [0.717, 1.165) is 10.7 Å². The van der Waals surface area contributed by atoms with E-state index in [1.54, 1.807) is 11.3 Å². The fraction of sp³-hybridized carbons (Fsp3) is 0.538. The monoisotopic (exact) mass is 265 g/mol. The van der Waals surface area contributed by atoms with Gasteiger partial charge in [0.15, 0.2) is 0 Å². The number of nitrogens with one attached hydrogen (secondary N) is 2. The van der Waals surface area contributed by atoms with E-state index in [0.29, 0.717) is 0 Å². The molecule has 0 bridgehead atoms. The Balaban J connectivity index is 2.62. The number of thiazole rings is 1. The van der Waals surface area contributed by atoms with E-state index in [2.05, 4.69) is 42.3 Å². The molecular weight excluding hydrogens is 246 g/mol. The fourth-order valence-corrected chi connectivity index (χ4v) is 2.32. The minimum Gasteiger partial charge on any atom is -0.329 e. The Morgan fingerprint density at radius 3 is 2.78 bits per heavy atom. The molecule has 18 heavy (non-hydrogen) atoms. The van der Waals surface area contributed by atoms with Crippen molar-refractivity contribution < 1.29 is 4.79 Å². The third kappa shape index (κ3) is 4.04. The van der Waals surface area contributed by atoms with E-state index in [1.165, 1.54) is 0 Å². The number of nitrogens with zero attached hydrogens (tertiary/aromatic N) is 1. The zero-order valence-corrected chi connectivity index (χ0v) is 12.0. The van der Waals surface area contributed by atoms with Crippen molar-refractivity contribution in [1.82, 2.24) is 15.6 Å². The van der Waals surface area contributed by atoms with Crippen molar-refractivity contribution in [1.29, 1.82) is 0 Å². The highest BCUT2D eigenvalue weighted by molar-refractivity contribution is 7.09.